The molecule has 0 amide bonds. The monoisotopic (exact) mass is 379 g/mol. The number of aromatic nitrogens is 2. The van der Waals surface area contributed by atoms with Crippen LogP contribution in [0, 0.1) is 18.3 Å². The average molecular weight is 379 g/mol. The van der Waals surface area contributed by atoms with Crippen LogP contribution in [0.1, 0.15) is 42.9 Å². The SMILES string of the molecule is Cc1ccc([C@H]2c3c(n(C)c(=O)n(C)c3=O)NC3=CC(C)(C)CC(=O)[C@@H]32)cc1. The predicted molar refractivity (Wildman–Crippen MR) is 109 cm³/mol. The highest BCUT2D eigenvalue weighted by atomic mass is 16.2. The summed E-state index contributed by atoms with van der Waals surface area (Å²) in [6.45, 7) is 6.05. The fraction of sp³-hybridized carbons (Fsp3) is 0.409. The lowest BCUT2D eigenvalue weighted by Gasteiger charge is -2.41. The van der Waals surface area contributed by atoms with E-state index < -0.39 is 11.8 Å². The minimum atomic E-state index is -0.451. The van der Waals surface area contributed by atoms with Crippen LogP contribution in [0.2, 0.25) is 0 Å². The van der Waals surface area contributed by atoms with Gasteiger partial charge in [-0.1, -0.05) is 49.8 Å². The van der Waals surface area contributed by atoms with E-state index in [0.29, 0.717) is 17.8 Å². The highest BCUT2D eigenvalue weighted by Crippen LogP contribution is 2.47. The van der Waals surface area contributed by atoms with Gasteiger partial charge in [-0.25, -0.2) is 4.79 Å². The van der Waals surface area contributed by atoms with Gasteiger partial charge >= 0.3 is 5.69 Å². The lowest BCUT2D eigenvalue weighted by molar-refractivity contribution is -0.124. The fourth-order valence-electron chi connectivity index (χ4n) is 4.51. The van der Waals surface area contributed by atoms with E-state index in [0.717, 1.165) is 21.4 Å². The zero-order valence-electron chi connectivity index (χ0n) is 16.9. The maximum atomic E-state index is 13.2. The van der Waals surface area contributed by atoms with E-state index in [1.54, 1.807) is 7.05 Å². The summed E-state index contributed by atoms with van der Waals surface area (Å²) in [5.74, 6) is -0.278. The van der Waals surface area contributed by atoms with Crippen LogP contribution in [0.5, 0.6) is 0 Å². The highest BCUT2D eigenvalue weighted by Gasteiger charge is 2.45. The van der Waals surface area contributed by atoms with Crippen LogP contribution >= 0.6 is 0 Å². The number of aryl methyl sites for hydroxylation is 1. The van der Waals surface area contributed by atoms with Crippen molar-refractivity contribution in [1.29, 1.82) is 0 Å². The molecular weight excluding hydrogens is 354 g/mol. The molecule has 6 heteroatoms. The Morgan fingerprint density at radius 3 is 2.29 bits per heavy atom. The first-order chi connectivity index (χ1) is 13.1. The van der Waals surface area contributed by atoms with E-state index in [1.807, 2.05) is 45.0 Å². The lowest BCUT2D eigenvalue weighted by atomic mass is 9.67. The molecule has 0 bridgehead atoms. The number of ketones is 1. The quantitative estimate of drug-likeness (QED) is 0.826. The van der Waals surface area contributed by atoms with Gasteiger partial charge < -0.3 is 5.32 Å². The third-order valence-corrected chi connectivity index (χ3v) is 5.90. The number of carbonyl (C=O) groups is 1. The first-order valence-corrected chi connectivity index (χ1v) is 9.50. The molecular formula is C22H25N3O3. The molecule has 0 unspecified atom stereocenters. The Morgan fingerprint density at radius 1 is 1.00 bits per heavy atom. The highest BCUT2D eigenvalue weighted by molar-refractivity contribution is 5.90. The van der Waals surface area contributed by atoms with Gasteiger partial charge in [0.1, 0.15) is 11.6 Å². The van der Waals surface area contributed by atoms with Gasteiger partial charge in [0.25, 0.3) is 5.56 Å². The number of hydrogen-bond acceptors (Lipinski definition) is 4. The second kappa shape index (κ2) is 6.06. The van der Waals surface area contributed by atoms with Crippen molar-refractivity contribution in [1.82, 2.24) is 9.13 Å². The van der Waals surface area contributed by atoms with Crippen LogP contribution in [0.4, 0.5) is 5.82 Å². The van der Waals surface area contributed by atoms with Crippen LogP contribution in [0.15, 0.2) is 45.6 Å². The minimum absolute atomic E-state index is 0.113. The molecule has 1 aromatic carbocycles. The van der Waals surface area contributed by atoms with E-state index in [-0.39, 0.29) is 22.4 Å². The first-order valence-electron chi connectivity index (χ1n) is 9.50. The van der Waals surface area contributed by atoms with Crippen LogP contribution < -0.4 is 16.6 Å². The molecule has 0 fully saturated rings. The summed E-state index contributed by atoms with van der Waals surface area (Å²) in [5.41, 5.74) is 2.26. The molecule has 0 saturated heterocycles. The van der Waals surface area contributed by atoms with E-state index >= 15 is 0 Å². The van der Waals surface area contributed by atoms with E-state index in [9.17, 15) is 14.4 Å². The minimum Gasteiger partial charge on any atom is -0.344 e. The number of allylic oxidation sites excluding steroid dienone is 2. The summed E-state index contributed by atoms with van der Waals surface area (Å²) in [5, 5.41) is 3.26. The van der Waals surface area contributed by atoms with Gasteiger partial charge in [-0.2, -0.15) is 0 Å². The van der Waals surface area contributed by atoms with Gasteiger partial charge in [0.05, 0.1) is 11.5 Å². The van der Waals surface area contributed by atoms with E-state index in [1.165, 1.54) is 11.6 Å². The molecule has 2 atom stereocenters. The molecule has 1 aliphatic carbocycles. The summed E-state index contributed by atoms with van der Waals surface area (Å²) in [4.78, 5) is 38.8. The molecule has 1 aliphatic heterocycles. The van der Waals surface area contributed by atoms with Gasteiger partial charge in [0, 0.05) is 32.1 Å². The Kier molecular flexibility index (Phi) is 4.00. The summed E-state index contributed by atoms with van der Waals surface area (Å²) in [7, 11) is 3.13. The second-order valence-electron chi connectivity index (χ2n) is 8.69. The number of benzene rings is 1. The van der Waals surface area contributed by atoms with Gasteiger partial charge in [0.15, 0.2) is 0 Å². The Morgan fingerprint density at radius 2 is 1.64 bits per heavy atom. The summed E-state index contributed by atoms with van der Waals surface area (Å²) in [6.07, 6.45) is 2.50. The Labute approximate surface area is 163 Å². The molecule has 28 heavy (non-hydrogen) atoms. The fourth-order valence-corrected chi connectivity index (χ4v) is 4.51. The molecule has 1 N–H and O–H groups in total. The van der Waals surface area contributed by atoms with Crippen LogP contribution in [-0.4, -0.2) is 14.9 Å². The zero-order valence-corrected chi connectivity index (χ0v) is 16.9. The topological polar surface area (TPSA) is 73.1 Å². The van der Waals surface area contributed by atoms with Gasteiger partial charge in [-0.15, -0.1) is 0 Å². The maximum Gasteiger partial charge on any atom is 0.332 e. The summed E-state index contributed by atoms with van der Waals surface area (Å²) >= 11 is 0. The Balaban J connectivity index is 2.07. The van der Waals surface area contributed by atoms with Crippen molar-refractivity contribution in [3.8, 4) is 0 Å². The number of nitrogens with zero attached hydrogens (tertiary/aromatic N) is 2. The lowest BCUT2D eigenvalue weighted by Crippen LogP contribution is -2.47. The maximum absolute atomic E-state index is 13.2. The Hall–Kier alpha value is -2.89. The van der Waals surface area contributed by atoms with Gasteiger partial charge in [-0.05, 0) is 17.9 Å². The van der Waals surface area contributed by atoms with Crippen molar-refractivity contribution >= 4 is 11.6 Å². The van der Waals surface area contributed by atoms with Crippen molar-refractivity contribution in [2.75, 3.05) is 5.32 Å². The largest absolute Gasteiger partial charge is 0.344 e. The number of Topliss-reactive ketones (excluding diaryl/α,β-unsaturated/α-hetero) is 1. The van der Waals surface area contributed by atoms with E-state index in [4.69, 9.17) is 0 Å². The van der Waals surface area contributed by atoms with Crippen LogP contribution in [0.3, 0.4) is 0 Å². The molecule has 2 aromatic rings. The first kappa shape index (κ1) is 18.5. The molecule has 146 valence electrons. The van der Waals surface area contributed by atoms with Gasteiger partial charge in [0.2, 0.25) is 0 Å². The summed E-state index contributed by atoms with van der Waals surface area (Å²) < 4.78 is 2.58. The number of anilines is 1. The third kappa shape index (κ3) is 2.66. The molecule has 4 rings (SSSR count). The van der Waals surface area contributed by atoms with Crippen LogP contribution in [0.25, 0.3) is 0 Å². The van der Waals surface area contributed by atoms with Crippen molar-refractivity contribution in [3.05, 3.63) is 73.6 Å². The normalized spacial score (nSPS) is 22.8. The zero-order chi connectivity index (χ0) is 20.4. The van der Waals surface area contributed by atoms with Crippen molar-refractivity contribution in [2.24, 2.45) is 25.4 Å². The Bertz CT molecular complexity index is 1130. The smallest absolute Gasteiger partial charge is 0.332 e. The number of rotatable bonds is 1. The van der Waals surface area contributed by atoms with Crippen LogP contribution in [-0.2, 0) is 18.9 Å². The van der Waals surface area contributed by atoms with Crippen molar-refractivity contribution < 1.29 is 4.79 Å². The second-order valence-corrected chi connectivity index (χ2v) is 8.69. The average Bonchev–Trinajstić information content (AvgIpc) is 2.63. The van der Waals surface area contributed by atoms with Crippen molar-refractivity contribution in [3.63, 3.8) is 0 Å². The number of carbonyl (C=O) groups excluding carboxylic acids is 1. The standard InChI is InChI=1S/C22H25N3O3/c1-12-6-8-13(9-7-12)16-17-14(10-22(2,3)11-15(17)26)23-19-18(16)20(27)25(5)21(28)24(19)4/h6-10,16-17,23H,11H2,1-5H3/t16-,17-/m1/s1. The van der Waals surface area contributed by atoms with Crippen molar-refractivity contribution in [2.45, 2.75) is 33.1 Å². The van der Waals surface area contributed by atoms with Gasteiger partial charge in [-0.3, -0.25) is 18.7 Å². The number of hydrogen-bond donors (Lipinski definition) is 1. The molecule has 0 saturated carbocycles. The molecule has 6 nitrogen and oxygen atoms in total. The predicted octanol–water partition coefficient (Wildman–Crippen LogP) is 2.45. The molecule has 1 aromatic heterocycles. The molecule has 0 spiro atoms. The van der Waals surface area contributed by atoms with E-state index in [2.05, 4.69) is 11.4 Å². The molecule has 2 aliphatic rings. The third-order valence-electron chi connectivity index (χ3n) is 5.90. The molecule has 0 radical (unpaired) electrons. The number of fused-ring (bicyclic) bond motifs is 2. The number of nitrogens with one attached hydrogen (secondary N) is 1. The molecule has 2 heterocycles. The summed E-state index contributed by atoms with van der Waals surface area (Å²) in [6, 6.07) is 7.93.